The van der Waals surface area contributed by atoms with Crippen LogP contribution < -0.4 is 5.32 Å². The molecule has 0 aliphatic carbocycles. The molecule has 1 aliphatic heterocycles. The van der Waals surface area contributed by atoms with Crippen LogP contribution in [-0.2, 0) is 6.54 Å². The fourth-order valence-electron chi connectivity index (χ4n) is 3.47. The molecule has 1 aliphatic rings. The topological polar surface area (TPSA) is 32.3 Å². The highest BCUT2D eigenvalue weighted by Crippen LogP contribution is 2.24. The van der Waals surface area contributed by atoms with Crippen molar-refractivity contribution in [3.8, 4) is 0 Å². The third-order valence-corrected chi connectivity index (χ3v) is 5.54. The summed E-state index contributed by atoms with van der Waals surface area (Å²) in [6, 6.07) is 18.7. The second kappa shape index (κ2) is 9.20. The molecule has 1 saturated heterocycles. The maximum Gasteiger partial charge on any atom is 0.182 e. The molecular weight excluding hydrogens is 344 g/mol. The zero-order valence-electron chi connectivity index (χ0n) is 15.3. The van der Waals surface area contributed by atoms with Gasteiger partial charge in [-0.3, -0.25) is 9.69 Å². The number of rotatable bonds is 7. The number of nitrogens with one attached hydrogen (secondary N) is 1. The van der Waals surface area contributed by atoms with Crippen LogP contribution in [0.4, 0.5) is 5.69 Å². The van der Waals surface area contributed by atoms with Crippen LogP contribution in [0.1, 0.15) is 42.1 Å². The molecule has 2 aromatic rings. The molecule has 1 heterocycles. The lowest BCUT2D eigenvalue weighted by Crippen LogP contribution is -2.39. The number of carbonyl (C=O) groups excluding carboxylic acids is 1. The Kier molecular flexibility index (Phi) is 6.70. The van der Waals surface area contributed by atoms with Gasteiger partial charge in [0.15, 0.2) is 5.78 Å². The predicted molar refractivity (Wildman–Crippen MR) is 109 cm³/mol. The molecule has 3 nitrogen and oxygen atoms in total. The second-order valence-corrected chi connectivity index (χ2v) is 7.49. The van der Waals surface area contributed by atoms with Gasteiger partial charge in [0, 0.05) is 36.9 Å². The van der Waals surface area contributed by atoms with Gasteiger partial charge in [-0.05, 0) is 37.0 Å². The van der Waals surface area contributed by atoms with Crippen molar-refractivity contribution in [3.05, 3.63) is 65.7 Å². The SMILES string of the molecule is CCC(Cl)C(=O)c1ccccc1NC1CCN(Cc2ccccc2)CC1. The minimum atomic E-state index is -0.453. The smallest absolute Gasteiger partial charge is 0.182 e. The number of benzene rings is 2. The zero-order chi connectivity index (χ0) is 18.4. The third-order valence-electron chi connectivity index (χ3n) is 5.03. The Labute approximate surface area is 161 Å². The van der Waals surface area contributed by atoms with Crippen LogP contribution in [0.25, 0.3) is 0 Å². The average molecular weight is 371 g/mol. The molecule has 1 N–H and O–H groups in total. The van der Waals surface area contributed by atoms with Gasteiger partial charge in [-0.1, -0.05) is 49.4 Å². The van der Waals surface area contributed by atoms with E-state index in [0.717, 1.165) is 38.2 Å². The fourth-order valence-corrected chi connectivity index (χ4v) is 3.59. The van der Waals surface area contributed by atoms with Crippen molar-refractivity contribution in [2.75, 3.05) is 18.4 Å². The average Bonchev–Trinajstić information content (AvgIpc) is 2.69. The number of Topliss-reactive ketones (excluding diaryl/α,β-unsaturated/α-hetero) is 1. The molecule has 1 fully saturated rings. The van der Waals surface area contributed by atoms with Gasteiger partial charge >= 0.3 is 0 Å². The molecule has 4 heteroatoms. The first-order valence-corrected chi connectivity index (χ1v) is 9.91. The van der Waals surface area contributed by atoms with Gasteiger partial charge in [-0.25, -0.2) is 0 Å². The molecule has 0 saturated carbocycles. The molecule has 0 radical (unpaired) electrons. The second-order valence-electron chi connectivity index (χ2n) is 6.97. The largest absolute Gasteiger partial charge is 0.382 e. The Balaban J connectivity index is 1.57. The van der Waals surface area contributed by atoms with Crippen molar-refractivity contribution >= 4 is 23.1 Å². The van der Waals surface area contributed by atoms with E-state index in [-0.39, 0.29) is 5.78 Å². The normalized spacial score (nSPS) is 17.0. The van der Waals surface area contributed by atoms with Crippen molar-refractivity contribution < 1.29 is 4.79 Å². The Hall–Kier alpha value is -1.84. The molecule has 138 valence electrons. The van der Waals surface area contributed by atoms with Crippen molar-refractivity contribution in [1.82, 2.24) is 4.90 Å². The quantitative estimate of drug-likeness (QED) is 0.552. The Morgan fingerprint density at radius 2 is 1.77 bits per heavy atom. The molecule has 0 amide bonds. The number of hydrogen-bond donors (Lipinski definition) is 1. The van der Waals surface area contributed by atoms with E-state index in [1.54, 1.807) is 0 Å². The van der Waals surface area contributed by atoms with Crippen LogP contribution in [0.3, 0.4) is 0 Å². The van der Waals surface area contributed by atoms with E-state index in [9.17, 15) is 4.79 Å². The van der Waals surface area contributed by atoms with Gasteiger partial charge in [0.25, 0.3) is 0 Å². The maximum absolute atomic E-state index is 12.5. The lowest BCUT2D eigenvalue weighted by atomic mass is 10.0. The number of hydrogen-bond acceptors (Lipinski definition) is 3. The lowest BCUT2D eigenvalue weighted by molar-refractivity contribution is 0.0986. The van der Waals surface area contributed by atoms with Crippen molar-refractivity contribution in [2.24, 2.45) is 0 Å². The summed E-state index contributed by atoms with van der Waals surface area (Å²) >= 11 is 6.18. The van der Waals surface area contributed by atoms with Gasteiger partial charge in [0.05, 0.1) is 5.38 Å². The summed E-state index contributed by atoms with van der Waals surface area (Å²) < 4.78 is 0. The first-order valence-electron chi connectivity index (χ1n) is 9.47. The molecule has 26 heavy (non-hydrogen) atoms. The van der Waals surface area contributed by atoms with Gasteiger partial charge in [-0.15, -0.1) is 11.6 Å². The van der Waals surface area contributed by atoms with E-state index >= 15 is 0 Å². The first kappa shape index (κ1) is 18.9. The Bertz CT molecular complexity index is 711. The molecule has 0 bridgehead atoms. The highest BCUT2D eigenvalue weighted by Gasteiger charge is 2.22. The number of ketones is 1. The summed E-state index contributed by atoms with van der Waals surface area (Å²) in [5.41, 5.74) is 2.99. The summed E-state index contributed by atoms with van der Waals surface area (Å²) in [4.78, 5) is 15.0. The number of alkyl halides is 1. The van der Waals surface area contributed by atoms with Crippen LogP contribution >= 0.6 is 11.6 Å². The number of para-hydroxylation sites is 1. The molecule has 0 aromatic heterocycles. The summed E-state index contributed by atoms with van der Waals surface area (Å²) in [5, 5.41) is 3.13. The van der Waals surface area contributed by atoms with E-state index in [4.69, 9.17) is 11.6 Å². The minimum Gasteiger partial charge on any atom is -0.382 e. The number of carbonyl (C=O) groups is 1. The van der Waals surface area contributed by atoms with Crippen molar-refractivity contribution in [3.63, 3.8) is 0 Å². The molecular formula is C22H27ClN2O. The molecule has 1 unspecified atom stereocenters. The van der Waals surface area contributed by atoms with E-state index in [0.29, 0.717) is 18.0 Å². The monoisotopic (exact) mass is 370 g/mol. The van der Waals surface area contributed by atoms with Gasteiger partial charge < -0.3 is 5.32 Å². The third kappa shape index (κ3) is 4.87. The predicted octanol–water partition coefficient (Wildman–Crippen LogP) is 4.96. The molecule has 1 atom stereocenters. The van der Waals surface area contributed by atoms with Crippen LogP contribution in [0, 0.1) is 0 Å². The van der Waals surface area contributed by atoms with E-state index in [1.165, 1.54) is 5.56 Å². The number of halogens is 1. The van der Waals surface area contributed by atoms with Crippen LogP contribution in [0.15, 0.2) is 54.6 Å². The Morgan fingerprint density at radius 3 is 2.46 bits per heavy atom. The Morgan fingerprint density at radius 1 is 1.12 bits per heavy atom. The van der Waals surface area contributed by atoms with E-state index in [2.05, 4.69) is 40.5 Å². The molecule has 2 aromatic carbocycles. The van der Waals surface area contributed by atoms with Crippen molar-refractivity contribution in [1.29, 1.82) is 0 Å². The standard InChI is InChI=1S/C22H27ClN2O/c1-2-20(23)22(26)19-10-6-7-11-21(19)24-18-12-14-25(15-13-18)16-17-8-4-3-5-9-17/h3-11,18,20,24H,2,12-16H2,1H3. The maximum atomic E-state index is 12.5. The van der Waals surface area contributed by atoms with Gasteiger partial charge in [0.1, 0.15) is 0 Å². The van der Waals surface area contributed by atoms with Crippen LogP contribution in [0.2, 0.25) is 0 Å². The summed E-state index contributed by atoms with van der Waals surface area (Å²) in [7, 11) is 0. The lowest BCUT2D eigenvalue weighted by Gasteiger charge is -2.33. The summed E-state index contributed by atoms with van der Waals surface area (Å²) in [6.07, 6.45) is 2.80. The van der Waals surface area contributed by atoms with Gasteiger partial charge in [-0.2, -0.15) is 0 Å². The molecule has 0 spiro atoms. The number of nitrogens with zero attached hydrogens (tertiary/aromatic N) is 1. The first-order chi connectivity index (χ1) is 12.7. The fraction of sp³-hybridized carbons (Fsp3) is 0.409. The highest BCUT2D eigenvalue weighted by atomic mass is 35.5. The molecule has 3 rings (SSSR count). The van der Waals surface area contributed by atoms with E-state index in [1.807, 2.05) is 31.2 Å². The van der Waals surface area contributed by atoms with Crippen molar-refractivity contribution in [2.45, 2.75) is 44.1 Å². The zero-order valence-corrected chi connectivity index (χ0v) is 16.1. The van der Waals surface area contributed by atoms with Crippen LogP contribution in [-0.4, -0.2) is 35.2 Å². The van der Waals surface area contributed by atoms with E-state index < -0.39 is 5.38 Å². The number of likely N-dealkylation sites (tertiary alicyclic amines) is 1. The number of anilines is 1. The summed E-state index contributed by atoms with van der Waals surface area (Å²) in [6.45, 7) is 5.08. The van der Waals surface area contributed by atoms with Crippen LogP contribution in [0.5, 0.6) is 0 Å². The highest BCUT2D eigenvalue weighted by molar-refractivity contribution is 6.34. The van der Waals surface area contributed by atoms with Gasteiger partial charge in [0.2, 0.25) is 0 Å². The summed E-state index contributed by atoms with van der Waals surface area (Å²) in [5.74, 6) is 0.0128. The minimum absolute atomic E-state index is 0.0128. The number of piperidine rings is 1.